The highest BCUT2D eigenvalue weighted by molar-refractivity contribution is 7.90. The molecule has 0 unspecified atom stereocenters. The van der Waals surface area contributed by atoms with Crippen molar-refractivity contribution in [1.29, 1.82) is 0 Å². The second-order valence-electron chi connectivity index (χ2n) is 5.68. The third-order valence-electron chi connectivity index (χ3n) is 4.07. The van der Waals surface area contributed by atoms with Crippen molar-refractivity contribution in [1.82, 2.24) is 9.88 Å². The molecule has 116 valence electrons. The van der Waals surface area contributed by atoms with Crippen LogP contribution in [0.25, 0.3) is 0 Å². The van der Waals surface area contributed by atoms with Crippen molar-refractivity contribution in [2.75, 3.05) is 13.3 Å². The molecule has 1 amide bonds. The quantitative estimate of drug-likeness (QED) is 0.803. The molecule has 0 bridgehead atoms. The number of hydrogen-bond acceptors (Lipinski definition) is 4. The third-order valence-corrected chi connectivity index (χ3v) is 5.19. The molecule has 5 nitrogen and oxygen atoms in total. The van der Waals surface area contributed by atoms with Gasteiger partial charge in [-0.05, 0) is 25.0 Å². The number of hydrogen-bond donors (Lipinski definition) is 0. The maximum Gasteiger partial charge on any atom is 0.273 e. The van der Waals surface area contributed by atoms with Gasteiger partial charge in [-0.1, -0.05) is 25.7 Å². The molecule has 0 spiro atoms. The molecule has 1 saturated carbocycles. The van der Waals surface area contributed by atoms with Crippen LogP contribution in [0.5, 0.6) is 0 Å². The number of sulfone groups is 1. The molecule has 6 heteroatoms. The van der Waals surface area contributed by atoms with Crippen molar-refractivity contribution < 1.29 is 13.2 Å². The lowest BCUT2D eigenvalue weighted by atomic mass is 10.1. The highest BCUT2D eigenvalue weighted by Gasteiger charge is 2.27. The summed E-state index contributed by atoms with van der Waals surface area (Å²) in [6.07, 6.45) is 9.15. The highest BCUT2D eigenvalue weighted by atomic mass is 32.2. The standard InChI is InChI=1S/C15H22N2O3S/c1-17(12-8-5-3-4-6-9-12)15(18)14-13(21(2,19)20)10-7-11-16-14/h7,10-12H,3-6,8-9H2,1-2H3. The Bertz CT molecular complexity index is 605. The van der Waals surface area contributed by atoms with Gasteiger partial charge in [0.15, 0.2) is 9.84 Å². The largest absolute Gasteiger partial charge is 0.337 e. The molecular formula is C15H22N2O3S. The van der Waals surface area contributed by atoms with E-state index < -0.39 is 9.84 Å². The van der Waals surface area contributed by atoms with E-state index in [-0.39, 0.29) is 22.5 Å². The van der Waals surface area contributed by atoms with Crippen LogP contribution in [0.15, 0.2) is 23.2 Å². The molecule has 1 heterocycles. The van der Waals surface area contributed by atoms with E-state index in [1.54, 1.807) is 18.0 Å². The number of carbonyl (C=O) groups is 1. The Labute approximate surface area is 126 Å². The molecule has 2 rings (SSSR count). The van der Waals surface area contributed by atoms with Crippen LogP contribution in [0.4, 0.5) is 0 Å². The molecule has 0 N–H and O–H groups in total. The van der Waals surface area contributed by atoms with Crippen LogP contribution in [-0.4, -0.2) is 43.6 Å². The van der Waals surface area contributed by atoms with Crippen LogP contribution >= 0.6 is 0 Å². The molecule has 21 heavy (non-hydrogen) atoms. The number of rotatable bonds is 3. The van der Waals surface area contributed by atoms with Gasteiger partial charge in [0.1, 0.15) is 5.69 Å². The fourth-order valence-electron chi connectivity index (χ4n) is 2.83. The first kappa shape index (κ1) is 15.9. The zero-order chi connectivity index (χ0) is 15.5. The average Bonchev–Trinajstić information content (AvgIpc) is 2.74. The van der Waals surface area contributed by atoms with E-state index in [0.717, 1.165) is 31.9 Å². The monoisotopic (exact) mass is 310 g/mol. The van der Waals surface area contributed by atoms with Crippen molar-refractivity contribution in [3.63, 3.8) is 0 Å². The Morgan fingerprint density at radius 2 is 1.86 bits per heavy atom. The lowest BCUT2D eigenvalue weighted by Crippen LogP contribution is -2.37. The zero-order valence-electron chi connectivity index (χ0n) is 12.6. The SMILES string of the molecule is CN(C(=O)c1ncccc1S(C)(=O)=O)C1CCCCCC1. The number of amides is 1. The van der Waals surface area contributed by atoms with Gasteiger partial charge in [0.05, 0.1) is 4.90 Å². The van der Waals surface area contributed by atoms with Gasteiger partial charge in [0.25, 0.3) is 5.91 Å². The second-order valence-corrected chi connectivity index (χ2v) is 7.67. The summed E-state index contributed by atoms with van der Waals surface area (Å²) < 4.78 is 23.6. The highest BCUT2D eigenvalue weighted by Crippen LogP contribution is 2.23. The van der Waals surface area contributed by atoms with Gasteiger partial charge in [0.2, 0.25) is 0 Å². The minimum absolute atomic E-state index is 0.00970. The maximum absolute atomic E-state index is 12.6. The first-order valence-corrected chi connectivity index (χ1v) is 9.22. The fourth-order valence-corrected chi connectivity index (χ4v) is 3.65. The smallest absolute Gasteiger partial charge is 0.273 e. The Morgan fingerprint density at radius 1 is 1.24 bits per heavy atom. The van der Waals surface area contributed by atoms with E-state index in [9.17, 15) is 13.2 Å². The number of nitrogens with zero attached hydrogens (tertiary/aromatic N) is 2. The molecule has 1 aliphatic carbocycles. The zero-order valence-corrected chi connectivity index (χ0v) is 13.4. The first-order valence-electron chi connectivity index (χ1n) is 7.33. The predicted molar refractivity (Wildman–Crippen MR) is 80.9 cm³/mol. The van der Waals surface area contributed by atoms with E-state index in [2.05, 4.69) is 4.98 Å². The number of carbonyl (C=O) groups excluding carboxylic acids is 1. The summed E-state index contributed by atoms with van der Waals surface area (Å²) in [4.78, 5) is 18.3. The van der Waals surface area contributed by atoms with Crippen molar-refractivity contribution in [2.24, 2.45) is 0 Å². The normalized spacial score (nSPS) is 17.2. The van der Waals surface area contributed by atoms with Crippen LogP contribution in [-0.2, 0) is 9.84 Å². The topological polar surface area (TPSA) is 67.3 Å². The molecular weight excluding hydrogens is 288 g/mol. The van der Waals surface area contributed by atoms with Gasteiger partial charge in [-0.15, -0.1) is 0 Å². The van der Waals surface area contributed by atoms with Crippen LogP contribution in [0.2, 0.25) is 0 Å². The first-order chi connectivity index (χ1) is 9.91. The van der Waals surface area contributed by atoms with E-state index in [1.807, 2.05) is 0 Å². The molecule has 1 aromatic heterocycles. The summed E-state index contributed by atoms with van der Waals surface area (Å²) in [5.74, 6) is -0.303. The van der Waals surface area contributed by atoms with Gasteiger partial charge in [0, 0.05) is 25.5 Å². The molecule has 1 aliphatic rings. The van der Waals surface area contributed by atoms with Crippen LogP contribution in [0, 0.1) is 0 Å². The summed E-state index contributed by atoms with van der Waals surface area (Å²) in [5, 5.41) is 0. The van der Waals surface area contributed by atoms with Gasteiger partial charge in [-0.2, -0.15) is 0 Å². The lowest BCUT2D eigenvalue weighted by Gasteiger charge is -2.27. The Kier molecular flexibility index (Phi) is 4.98. The van der Waals surface area contributed by atoms with Crippen molar-refractivity contribution in [2.45, 2.75) is 49.5 Å². The van der Waals surface area contributed by atoms with E-state index >= 15 is 0 Å². The lowest BCUT2D eigenvalue weighted by molar-refractivity contribution is 0.0707. The van der Waals surface area contributed by atoms with Gasteiger partial charge >= 0.3 is 0 Å². The van der Waals surface area contributed by atoms with E-state index in [4.69, 9.17) is 0 Å². The molecule has 0 saturated heterocycles. The van der Waals surface area contributed by atoms with E-state index in [0.29, 0.717) is 0 Å². The molecule has 0 radical (unpaired) electrons. The molecule has 0 aliphatic heterocycles. The third kappa shape index (κ3) is 3.81. The molecule has 1 fully saturated rings. The van der Waals surface area contributed by atoms with Crippen LogP contribution in [0.3, 0.4) is 0 Å². The van der Waals surface area contributed by atoms with Crippen molar-refractivity contribution in [3.05, 3.63) is 24.0 Å². The molecule has 0 aromatic carbocycles. The van der Waals surface area contributed by atoms with Crippen LogP contribution in [0.1, 0.15) is 49.0 Å². The van der Waals surface area contributed by atoms with Gasteiger partial charge < -0.3 is 4.90 Å². The Balaban J connectivity index is 2.27. The maximum atomic E-state index is 12.6. The summed E-state index contributed by atoms with van der Waals surface area (Å²) >= 11 is 0. The van der Waals surface area contributed by atoms with Crippen molar-refractivity contribution >= 4 is 15.7 Å². The Hall–Kier alpha value is -1.43. The van der Waals surface area contributed by atoms with Gasteiger partial charge in [-0.25, -0.2) is 13.4 Å². The minimum atomic E-state index is -3.46. The summed E-state index contributed by atoms with van der Waals surface area (Å²) in [7, 11) is -1.71. The average molecular weight is 310 g/mol. The summed E-state index contributed by atoms with van der Waals surface area (Å²) in [6.45, 7) is 0. The Morgan fingerprint density at radius 3 is 2.43 bits per heavy atom. The van der Waals surface area contributed by atoms with Crippen LogP contribution < -0.4 is 0 Å². The molecule has 0 atom stereocenters. The molecule has 1 aromatic rings. The fraction of sp³-hybridized carbons (Fsp3) is 0.600. The van der Waals surface area contributed by atoms with Crippen molar-refractivity contribution in [3.8, 4) is 0 Å². The van der Waals surface area contributed by atoms with E-state index in [1.165, 1.54) is 25.1 Å². The summed E-state index contributed by atoms with van der Waals surface area (Å²) in [6, 6.07) is 3.16. The van der Waals surface area contributed by atoms with Gasteiger partial charge in [-0.3, -0.25) is 4.79 Å². The minimum Gasteiger partial charge on any atom is -0.337 e. The number of aromatic nitrogens is 1. The summed E-state index contributed by atoms with van der Waals surface area (Å²) in [5.41, 5.74) is 0.0340. The second kappa shape index (κ2) is 6.56. The number of pyridine rings is 1. The predicted octanol–water partition coefficient (Wildman–Crippen LogP) is 2.28.